The van der Waals surface area contributed by atoms with Crippen LogP contribution in [0.3, 0.4) is 0 Å². The first-order valence-electron chi connectivity index (χ1n) is 8.00. The molecule has 0 bridgehead atoms. The predicted octanol–water partition coefficient (Wildman–Crippen LogP) is 4.32. The van der Waals surface area contributed by atoms with Crippen LogP contribution in [0.4, 0.5) is 0 Å². The van der Waals surface area contributed by atoms with Crippen LogP contribution in [0.25, 0.3) is 16.9 Å². The summed E-state index contributed by atoms with van der Waals surface area (Å²) < 4.78 is 1.66. The van der Waals surface area contributed by atoms with E-state index in [9.17, 15) is 4.79 Å². The molecule has 2 aromatic carbocycles. The Morgan fingerprint density at radius 3 is 2.43 bits per heavy atom. The van der Waals surface area contributed by atoms with E-state index in [-0.39, 0.29) is 5.56 Å². The molecule has 0 saturated heterocycles. The molecular weight excluding hydrogens is 284 g/mol. The van der Waals surface area contributed by atoms with Gasteiger partial charge in [0, 0.05) is 11.1 Å². The van der Waals surface area contributed by atoms with Gasteiger partial charge in [-0.2, -0.15) is 0 Å². The molecular formula is C20H22N2O. The lowest BCUT2D eigenvalue weighted by molar-refractivity contribution is 0.847. The van der Waals surface area contributed by atoms with E-state index in [4.69, 9.17) is 0 Å². The highest BCUT2D eigenvalue weighted by molar-refractivity contribution is 5.64. The highest BCUT2D eigenvalue weighted by Crippen LogP contribution is 2.22. The lowest BCUT2D eigenvalue weighted by Crippen LogP contribution is -2.17. The summed E-state index contributed by atoms with van der Waals surface area (Å²) in [5, 5.41) is 3.31. The van der Waals surface area contributed by atoms with Crippen molar-refractivity contribution in [2.24, 2.45) is 0 Å². The van der Waals surface area contributed by atoms with Crippen molar-refractivity contribution in [3.05, 3.63) is 75.1 Å². The first-order chi connectivity index (χ1) is 11.0. The molecule has 0 aliphatic rings. The average molecular weight is 306 g/mol. The SMILES string of the molecule is CCc1c(-c2cccc(C)c2)[nH]n(-c2ccc(C)c(C)c2)c1=O. The summed E-state index contributed by atoms with van der Waals surface area (Å²) in [5.74, 6) is 0. The van der Waals surface area contributed by atoms with E-state index in [1.165, 1.54) is 16.7 Å². The third-order valence-corrected chi connectivity index (χ3v) is 4.40. The molecule has 1 heterocycles. The van der Waals surface area contributed by atoms with Gasteiger partial charge in [0.2, 0.25) is 0 Å². The number of benzene rings is 2. The number of aromatic nitrogens is 2. The molecule has 0 amide bonds. The Kier molecular flexibility index (Phi) is 3.95. The monoisotopic (exact) mass is 306 g/mol. The number of H-pyrrole nitrogens is 1. The van der Waals surface area contributed by atoms with Gasteiger partial charge in [0.15, 0.2) is 0 Å². The van der Waals surface area contributed by atoms with Crippen LogP contribution in [0.1, 0.15) is 29.2 Å². The van der Waals surface area contributed by atoms with E-state index in [2.05, 4.69) is 44.1 Å². The van der Waals surface area contributed by atoms with Crippen molar-refractivity contribution in [1.82, 2.24) is 9.78 Å². The fourth-order valence-corrected chi connectivity index (χ4v) is 2.89. The quantitative estimate of drug-likeness (QED) is 0.769. The highest BCUT2D eigenvalue weighted by Gasteiger charge is 2.15. The number of nitrogens with zero attached hydrogens (tertiary/aromatic N) is 1. The topological polar surface area (TPSA) is 37.8 Å². The third-order valence-electron chi connectivity index (χ3n) is 4.40. The van der Waals surface area contributed by atoms with Crippen LogP contribution < -0.4 is 5.56 Å². The second-order valence-electron chi connectivity index (χ2n) is 6.10. The average Bonchev–Trinajstić information content (AvgIpc) is 2.87. The van der Waals surface area contributed by atoms with Gasteiger partial charge < -0.3 is 0 Å². The Labute approximate surface area is 136 Å². The minimum absolute atomic E-state index is 0.0345. The molecule has 0 aliphatic heterocycles. The smallest absolute Gasteiger partial charge is 0.275 e. The zero-order chi connectivity index (χ0) is 16.6. The van der Waals surface area contributed by atoms with Crippen molar-refractivity contribution in [1.29, 1.82) is 0 Å². The fraction of sp³-hybridized carbons (Fsp3) is 0.250. The molecule has 3 nitrogen and oxygen atoms in total. The zero-order valence-electron chi connectivity index (χ0n) is 14.1. The Morgan fingerprint density at radius 2 is 1.78 bits per heavy atom. The fourth-order valence-electron chi connectivity index (χ4n) is 2.89. The van der Waals surface area contributed by atoms with Gasteiger partial charge in [-0.05, 0) is 56.5 Å². The number of nitrogens with one attached hydrogen (secondary N) is 1. The van der Waals surface area contributed by atoms with Crippen LogP contribution in [0.5, 0.6) is 0 Å². The maximum absolute atomic E-state index is 12.8. The molecule has 118 valence electrons. The molecule has 3 heteroatoms. The van der Waals surface area contributed by atoms with Gasteiger partial charge in [-0.25, -0.2) is 4.68 Å². The molecule has 0 atom stereocenters. The summed E-state index contributed by atoms with van der Waals surface area (Å²) in [6.07, 6.45) is 0.705. The largest absolute Gasteiger partial charge is 0.290 e. The summed E-state index contributed by atoms with van der Waals surface area (Å²) >= 11 is 0. The first-order valence-corrected chi connectivity index (χ1v) is 8.00. The standard InChI is InChI=1S/C20H22N2O/c1-5-18-19(16-8-6-7-13(2)11-16)21-22(20(18)23)17-10-9-14(3)15(4)12-17/h6-12,21H,5H2,1-4H3. The van der Waals surface area contributed by atoms with Gasteiger partial charge in [-0.3, -0.25) is 9.89 Å². The Bertz CT molecular complexity index is 916. The van der Waals surface area contributed by atoms with E-state index in [0.29, 0.717) is 6.42 Å². The maximum atomic E-state index is 12.8. The Balaban J connectivity index is 2.20. The molecule has 3 rings (SSSR count). The number of aryl methyl sites for hydroxylation is 3. The van der Waals surface area contributed by atoms with E-state index in [0.717, 1.165) is 22.5 Å². The van der Waals surface area contributed by atoms with Crippen LogP contribution in [0, 0.1) is 20.8 Å². The van der Waals surface area contributed by atoms with E-state index in [1.807, 2.05) is 31.2 Å². The lowest BCUT2D eigenvalue weighted by Gasteiger charge is -2.06. The van der Waals surface area contributed by atoms with Crippen molar-refractivity contribution >= 4 is 0 Å². The molecule has 0 radical (unpaired) electrons. The summed E-state index contributed by atoms with van der Waals surface area (Å²) in [4.78, 5) is 12.8. The summed E-state index contributed by atoms with van der Waals surface area (Å²) in [7, 11) is 0. The van der Waals surface area contributed by atoms with Crippen molar-refractivity contribution in [2.45, 2.75) is 34.1 Å². The number of aromatic amines is 1. The Morgan fingerprint density at radius 1 is 1.00 bits per heavy atom. The molecule has 3 aromatic rings. The zero-order valence-corrected chi connectivity index (χ0v) is 14.1. The third kappa shape index (κ3) is 2.74. The first kappa shape index (κ1) is 15.3. The molecule has 1 aromatic heterocycles. The van der Waals surface area contributed by atoms with Crippen molar-refractivity contribution in [2.75, 3.05) is 0 Å². The predicted molar refractivity (Wildman–Crippen MR) is 95.4 cm³/mol. The van der Waals surface area contributed by atoms with Crippen molar-refractivity contribution in [3.8, 4) is 16.9 Å². The molecule has 0 unspecified atom stereocenters. The van der Waals surface area contributed by atoms with Crippen LogP contribution in [-0.4, -0.2) is 9.78 Å². The highest BCUT2D eigenvalue weighted by atomic mass is 16.1. The van der Waals surface area contributed by atoms with Gasteiger partial charge >= 0.3 is 0 Å². The van der Waals surface area contributed by atoms with Gasteiger partial charge in [-0.15, -0.1) is 0 Å². The summed E-state index contributed by atoms with van der Waals surface area (Å²) in [6.45, 7) is 8.23. The van der Waals surface area contributed by atoms with Crippen LogP contribution >= 0.6 is 0 Å². The van der Waals surface area contributed by atoms with Crippen LogP contribution in [-0.2, 0) is 6.42 Å². The minimum Gasteiger partial charge on any atom is -0.290 e. The van der Waals surface area contributed by atoms with E-state index in [1.54, 1.807) is 4.68 Å². The van der Waals surface area contributed by atoms with Crippen molar-refractivity contribution in [3.63, 3.8) is 0 Å². The second kappa shape index (κ2) is 5.92. The van der Waals surface area contributed by atoms with E-state index < -0.39 is 0 Å². The Hall–Kier alpha value is -2.55. The van der Waals surface area contributed by atoms with Gasteiger partial charge in [0.25, 0.3) is 5.56 Å². The molecule has 0 spiro atoms. The molecule has 0 aliphatic carbocycles. The molecule has 0 fully saturated rings. The van der Waals surface area contributed by atoms with Gasteiger partial charge in [0.1, 0.15) is 0 Å². The maximum Gasteiger partial charge on any atom is 0.275 e. The number of hydrogen-bond acceptors (Lipinski definition) is 1. The van der Waals surface area contributed by atoms with Gasteiger partial charge in [-0.1, -0.05) is 36.8 Å². The van der Waals surface area contributed by atoms with E-state index >= 15 is 0 Å². The normalized spacial score (nSPS) is 11.0. The second-order valence-corrected chi connectivity index (χ2v) is 6.10. The number of rotatable bonds is 3. The molecule has 23 heavy (non-hydrogen) atoms. The lowest BCUT2D eigenvalue weighted by atomic mass is 10.0. The van der Waals surface area contributed by atoms with Crippen LogP contribution in [0.2, 0.25) is 0 Å². The van der Waals surface area contributed by atoms with Crippen LogP contribution in [0.15, 0.2) is 47.3 Å². The summed E-state index contributed by atoms with van der Waals surface area (Å²) in [5.41, 5.74) is 7.31. The summed E-state index contributed by atoms with van der Waals surface area (Å²) in [6, 6.07) is 14.3. The molecule has 0 saturated carbocycles. The van der Waals surface area contributed by atoms with Gasteiger partial charge in [0.05, 0.1) is 11.4 Å². The molecule has 1 N–H and O–H groups in total. The number of hydrogen-bond donors (Lipinski definition) is 1. The van der Waals surface area contributed by atoms with Crippen molar-refractivity contribution < 1.29 is 0 Å². The minimum atomic E-state index is 0.0345.